The van der Waals surface area contributed by atoms with Crippen LogP contribution >= 0.6 is 11.3 Å². The maximum absolute atomic E-state index is 12.8. The smallest absolute Gasteiger partial charge is 0.359 e. The van der Waals surface area contributed by atoms with Gasteiger partial charge in [0.25, 0.3) is 5.91 Å². The van der Waals surface area contributed by atoms with Gasteiger partial charge in [-0.3, -0.25) is 9.78 Å². The molecular formula is C22H23N3O3S. The van der Waals surface area contributed by atoms with Crippen LogP contribution in [0.4, 0.5) is 0 Å². The third-order valence-corrected chi connectivity index (χ3v) is 5.31. The maximum atomic E-state index is 12.8. The van der Waals surface area contributed by atoms with E-state index in [1.807, 2.05) is 49.4 Å². The number of hydrogen-bond acceptors (Lipinski definition) is 6. The largest absolute Gasteiger partial charge is 0.451 e. The molecule has 0 atom stereocenters. The summed E-state index contributed by atoms with van der Waals surface area (Å²) in [4.78, 5) is 36.9. The van der Waals surface area contributed by atoms with Crippen LogP contribution in [-0.4, -0.2) is 39.9 Å². The van der Waals surface area contributed by atoms with Gasteiger partial charge < -0.3 is 9.64 Å². The van der Waals surface area contributed by atoms with E-state index < -0.39 is 5.97 Å². The number of esters is 1. The average molecular weight is 410 g/mol. The number of rotatable bonds is 8. The summed E-state index contributed by atoms with van der Waals surface area (Å²) in [5.74, 6) is -0.888. The van der Waals surface area contributed by atoms with Gasteiger partial charge in [-0.15, -0.1) is 11.3 Å². The monoisotopic (exact) mass is 409 g/mol. The van der Waals surface area contributed by atoms with E-state index in [0.29, 0.717) is 18.8 Å². The van der Waals surface area contributed by atoms with Gasteiger partial charge in [0, 0.05) is 22.5 Å². The number of aryl methyl sites for hydroxylation is 2. The molecule has 1 aromatic carbocycles. The van der Waals surface area contributed by atoms with Crippen LogP contribution in [0.25, 0.3) is 0 Å². The van der Waals surface area contributed by atoms with Gasteiger partial charge in [0.05, 0.1) is 18.4 Å². The van der Waals surface area contributed by atoms with E-state index in [1.165, 1.54) is 17.3 Å². The van der Waals surface area contributed by atoms with E-state index >= 15 is 0 Å². The van der Waals surface area contributed by atoms with Crippen LogP contribution in [0.2, 0.25) is 0 Å². The molecule has 0 aliphatic rings. The van der Waals surface area contributed by atoms with Gasteiger partial charge in [0.2, 0.25) is 0 Å². The highest BCUT2D eigenvalue weighted by Crippen LogP contribution is 2.18. The summed E-state index contributed by atoms with van der Waals surface area (Å²) in [5.41, 5.74) is 1.95. The molecule has 0 radical (unpaired) electrons. The lowest BCUT2D eigenvalue weighted by Gasteiger charge is -2.22. The van der Waals surface area contributed by atoms with Crippen molar-refractivity contribution in [3.05, 3.63) is 81.6 Å². The van der Waals surface area contributed by atoms with Crippen LogP contribution in [0, 0.1) is 13.8 Å². The van der Waals surface area contributed by atoms with Gasteiger partial charge in [-0.05, 0) is 38.0 Å². The molecule has 0 saturated heterocycles. The normalized spacial score (nSPS) is 10.6. The quantitative estimate of drug-likeness (QED) is 0.532. The van der Waals surface area contributed by atoms with Crippen molar-refractivity contribution >= 4 is 23.2 Å². The van der Waals surface area contributed by atoms with Crippen molar-refractivity contribution < 1.29 is 14.3 Å². The zero-order chi connectivity index (χ0) is 20.6. The Morgan fingerprint density at radius 1 is 1.03 bits per heavy atom. The number of ether oxygens (including phenoxy) is 1. The minimum absolute atomic E-state index is 0.0908. The molecule has 2 aromatic heterocycles. The molecule has 0 N–H and O–H groups in total. The molecule has 0 spiro atoms. The van der Waals surface area contributed by atoms with Gasteiger partial charge in [-0.1, -0.05) is 30.3 Å². The minimum Gasteiger partial charge on any atom is -0.451 e. The molecule has 7 heteroatoms. The van der Waals surface area contributed by atoms with Crippen molar-refractivity contribution in [2.45, 2.75) is 26.8 Å². The van der Waals surface area contributed by atoms with E-state index in [1.54, 1.807) is 23.2 Å². The van der Waals surface area contributed by atoms with Crippen LogP contribution < -0.4 is 0 Å². The third kappa shape index (κ3) is 6.22. The molecule has 0 saturated carbocycles. The summed E-state index contributed by atoms with van der Waals surface area (Å²) < 4.78 is 5.18. The summed E-state index contributed by atoms with van der Waals surface area (Å²) in [5, 5.41) is 0. The Hall–Kier alpha value is -3.06. The number of amides is 1. The molecule has 0 aliphatic heterocycles. The summed E-state index contributed by atoms with van der Waals surface area (Å²) in [6, 6.07) is 14.1. The molecule has 2 heterocycles. The van der Waals surface area contributed by atoms with Gasteiger partial charge in [0.15, 0.2) is 12.3 Å². The minimum atomic E-state index is -0.652. The number of benzene rings is 1. The van der Waals surface area contributed by atoms with E-state index in [9.17, 15) is 9.59 Å². The van der Waals surface area contributed by atoms with Crippen molar-refractivity contribution in [1.29, 1.82) is 0 Å². The summed E-state index contributed by atoms with van der Waals surface area (Å²) in [6.45, 7) is 4.53. The molecule has 29 heavy (non-hydrogen) atoms. The lowest BCUT2D eigenvalue weighted by atomic mass is 10.1. The van der Waals surface area contributed by atoms with Gasteiger partial charge in [0.1, 0.15) is 0 Å². The number of hydrogen-bond donors (Lipinski definition) is 0. The molecule has 0 aliphatic carbocycles. The highest BCUT2D eigenvalue weighted by molar-refractivity contribution is 7.11. The van der Waals surface area contributed by atoms with E-state index in [2.05, 4.69) is 9.97 Å². The fourth-order valence-corrected chi connectivity index (χ4v) is 3.66. The van der Waals surface area contributed by atoms with Gasteiger partial charge >= 0.3 is 5.97 Å². The standard InChI is InChI=1S/C22H23N3O3S/c1-16-12-24-20(13-23-16)22(27)28-15-21(26)25(14-19-9-8-17(2)29-19)11-10-18-6-4-3-5-7-18/h3-9,12-13H,10-11,14-15H2,1-2H3. The second kappa shape index (κ2) is 9.93. The summed E-state index contributed by atoms with van der Waals surface area (Å²) in [7, 11) is 0. The lowest BCUT2D eigenvalue weighted by Crippen LogP contribution is -2.35. The van der Waals surface area contributed by atoms with Crippen LogP contribution in [0.3, 0.4) is 0 Å². The lowest BCUT2D eigenvalue weighted by molar-refractivity contribution is -0.135. The Labute approximate surface area is 174 Å². The Balaban J connectivity index is 1.62. The first-order chi connectivity index (χ1) is 14.0. The summed E-state index contributed by atoms with van der Waals surface area (Å²) in [6.07, 6.45) is 3.57. The first-order valence-electron chi connectivity index (χ1n) is 9.34. The molecule has 3 rings (SSSR count). The second-order valence-electron chi connectivity index (χ2n) is 6.68. The predicted octanol–water partition coefficient (Wildman–Crippen LogP) is 3.58. The number of thiophene rings is 1. The highest BCUT2D eigenvalue weighted by atomic mass is 32.1. The number of carbonyl (C=O) groups is 2. The third-order valence-electron chi connectivity index (χ3n) is 4.33. The molecule has 0 bridgehead atoms. The zero-order valence-corrected chi connectivity index (χ0v) is 17.3. The first kappa shape index (κ1) is 20.7. The van der Waals surface area contributed by atoms with Crippen LogP contribution in [0.1, 0.15) is 31.5 Å². The molecule has 150 valence electrons. The summed E-state index contributed by atoms with van der Waals surface area (Å²) >= 11 is 1.66. The molecule has 0 fully saturated rings. The van der Waals surface area contributed by atoms with Crippen LogP contribution in [0.5, 0.6) is 0 Å². The molecular weight excluding hydrogens is 386 g/mol. The van der Waals surface area contributed by atoms with Gasteiger partial charge in [-0.25, -0.2) is 9.78 Å². The van der Waals surface area contributed by atoms with Crippen LogP contribution in [-0.2, 0) is 22.5 Å². The Morgan fingerprint density at radius 3 is 2.48 bits per heavy atom. The van der Waals surface area contributed by atoms with Crippen molar-refractivity contribution in [3.63, 3.8) is 0 Å². The van der Waals surface area contributed by atoms with Crippen molar-refractivity contribution in [2.24, 2.45) is 0 Å². The molecule has 0 unspecified atom stereocenters. The van der Waals surface area contributed by atoms with Crippen molar-refractivity contribution in [3.8, 4) is 0 Å². The van der Waals surface area contributed by atoms with Crippen LogP contribution in [0.15, 0.2) is 54.9 Å². The average Bonchev–Trinajstić information content (AvgIpc) is 3.15. The molecule has 1 amide bonds. The SMILES string of the molecule is Cc1cnc(C(=O)OCC(=O)N(CCc2ccccc2)Cc2ccc(C)s2)cn1. The number of aromatic nitrogens is 2. The number of carbonyl (C=O) groups excluding carboxylic acids is 2. The second-order valence-corrected chi connectivity index (χ2v) is 8.05. The topological polar surface area (TPSA) is 72.4 Å². The van der Waals surface area contributed by atoms with E-state index in [-0.39, 0.29) is 18.2 Å². The van der Waals surface area contributed by atoms with Crippen molar-refractivity contribution in [2.75, 3.05) is 13.2 Å². The Bertz CT molecular complexity index is 955. The predicted molar refractivity (Wildman–Crippen MR) is 112 cm³/mol. The molecule has 3 aromatic rings. The fraction of sp³-hybridized carbons (Fsp3) is 0.273. The van der Waals surface area contributed by atoms with Gasteiger partial charge in [-0.2, -0.15) is 0 Å². The first-order valence-corrected chi connectivity index (χ1v) is 10.2. The number of nitrogens with zero attached hydrogens (tertiary/aromatic N) is 3. The Kier molecular flexibility index (Phi) is 7.08. The van der Waals surface area contributed by atoms with E-state index in [0.717, 1.165) is 16.9 Å². The highest BCUT2D eigenvalue weighted by Gasteiger charge is 2.18. The van der Waals surface area contributed by atoms with E-state index in [4.69, 9.17) is 4.74 Å². The zero-order valence-electron chi connectivity index (χ0n) is 16.5. The maximum Gasteiger partial charge on any atom is 0.359 e. The Morgan fingerprint density at radius 2 is 1.83 bits per heavy atom. The molecule has 6 nitrogen and oxygen atoms in total. The fourth-order valence-electron chi connectivity index (χ4n) is 2.75. The van der Waals surface area contributed by atoms with Crippen molar-refractivity contribution in [1.82, 2.24) is 14.9 Å².